The molecule has 0 atom stereocenters. The number of hydrogen-bond acceptors (Lipinski definition) is 3. The van der Waals surface area contributed by atoms with Gasteiger partial charge in [-0.1, -0.05) is 36.3 Å². The number of nitrogens with one attached hydrogen (secondary N) is 1. The summed E-state index contributed by atoms with van der Waals surface area (Å²) in [5.74, 6) is 2.44. The lowest BCUT2D eigenvalue weighted by Crippen LogP contribution is -2.27. The van der Waals surface area contributed by atoms with Crippen LogP contribution in [-0.4, -0.2) is 11.7 Å². The van der Waals surface area contributed by atoms with Crippen molar-refractivity contribution in [3.8, 4) is 23.5 Å². The molecule has 0 fully saturated rings. The zero-order valence-electron chi connectivity index (χ0n) is 13.5. The summed E-state index contributed by atoms with van der Waals surface area (Å²) in [4.78, 5) is 11.5. The van der Waals surface area contributed by atoms with Gasteiger partial charge in [-0.15, -0.1) is 6.42 Å². The third kappa shape index (κ3) is 4.27. The first-order valence-electron chi connectivity index (χ1n) is 7.26. The van der Waals surface area contributed by atoms with E-state index in [1.807, 2.05) is 0 Å². The van der Waals surface area contributed by atoms with Crippen LogP contribution in [0.5, 0.6) is 0 Å². The number of benzene rings is 2. The molecule has 4 heteroatoms. The van der Waals surface area contributed by atoms with Crippen molar-refractivity contribution in [3.63, 3.8) is 0 Å². The number of rotatable bonds is 1. The first-order valence-corrected chi connectivity index (χ1v) is 7.26. The van der Waals surface area contributed by atoms with E-state index in [4.69, 9.17) is 16.9 Å². The third-order valence-corrected chi connectivity index (χ3v) is 3.12. The largest absolute Gasteiger partial charge is 0.444 e. The molecule has 2 aliphatic carbocycles. The number of terminal acetylenes is 1. The molecular formula is C19H20N2O2. The topological polar surface area (TPSA) is 64.3 Å². The number of hydrogen-bond donors (Lipinski definition) is 2. The van der Waals surface area contributed by atoms with Gasteiger partial charge in [-0.05, 0) is 44.0 Å². The number of amides is 1. The van der Waals surface area contributed by atoms with Crippen molar-refractivity contribution >= 4 is 17.5 Å². The van der Waals surface area contributed by atoms with Crippen LogP contribution in [0.3, 0.4) is 0 Å². The summed E-state index contributed by atoms with van der Waals surface area (Å²) in [5.41, 5.74) is 9.45. The Balaban J connectivity index is 0.000000260. The molecule has 3 N–H and O–H groups in total. The molecule has 1 amide bonds. The van der Waals surface area contributed by atoms with Gasteiger partial charge in [-0.3, -0.25) is 5.32 Å². The molecule has 23 heavy (non-hydrogen) atoms. The maximum atomic E-state index is 11.5. The molecule has 1 aromatic rings. The van der Waals surface area contributed by atoms with Crippen molar-refractivity contribution in [2.24, 2.45) is 0 Å². The number of ether oxygens (including phenoxy) is 1. The number of carbonyl (C=O) groups is 1. The van der Waals surface area contributed by atoms with E-state index < -0.39 is 11.7 Å². The van der Waals surface area contributed by atoms with Crippen molar-refractivity contribution < 1.29 is 9.53 Å². The van der Waals surface area contributed by atoms with Gasteiger partial charge in [0.1, 0.15) is 5.60 Å². The molecule has 0 aromatic heterocycles. The minimum Gasteiger partial charge on any atom is -0.444 e. The Bertz CT molecular complexity index is 729. The molecule has 2 aliphatic rings. The zero-order valence-corrected chi connectivity index (χ0v) is 13.5. The minimum absolute atomic E-state index is 0.362. The van der Waals surface area contributed by atoms with Gasteiger partial charge in [0.2, 0.25) is 0 Å². The monoisotopic (exact) mass is 308 g/mol. The molecule has 0 bridgehead atoms. The Hall–Kier alpha value is -2.93. The van der Waals surface area contributed by atoms with Gasteiger partial charge in [-0.25, -0.2) is 4.79 Å². The number of fused-ring (bicyclic) bond motifs is 1. The minimum atomic E-state index is -0.557. The van der Waals surface area contributed by atoms with Gasteiger partial charge in [-0.2, -0.15) is 0 Å². The van der Waals surface area contributed by atoms with Crippen LogP contribution in [-0.2, 0) is 4.74 Å². The van der Waals surface area contributed by atoms with Crippen LogP contribution in [0.2, 0.25) is 0 Å². The Kier molecular flexibility index (Phi) is 4.61. The maximum Gasteiger partial charge on any atom is 0.412 e. The highest BCUT2D eigenvalue weighted by Crippen LogP contribution is 2.29. The summed E-state index contributed by atoms with van der Waals surface area (Å²) in [7, 11) is 0. The van der Waals surface area contributed by atoms with Crippen LogP contribution in [0, 0.1) is 12.3 Å². The molecule has 0 spiro atoms. The van der Waals surface area contributed by atoms with Crippen LogP contribution in [0.25, 0.3) is 11.1 Å². The van der Waals surface area contributed by atoms with Crippen molar-refractivity contribution in [1.29, 1.82) is 0 Å². The summed E-state index contributed by atoms with van der Waals surface area (Å²) in [6, 6.07) is 13.6. The maximum absolute atomic E-state index is 11.5. The molecule has 4 nitrogen and oxygen atoms in total. The molecule has 1 aromatic carbocycles. The number of carbonyl (C=O) groups excluding carboxylic acids is 1. The number of para-hydroxylation sites is 1. The van der Waals surface area contributed by atoms with Gasteiger partial charge in [0.15, 0.2) is 0 Å². The van der Waals surface area contributed by atoms with Crippen LogP contribution in [0.1, 0.15) is 26.3 Å². The van der Waals surface area contributed by atoms with Gasteiger partial charge < -0.3 is 10.5 Å². The van der Waals surface area contributed by atoms with E-state index in [9.17, 15) is 4.79 Å². The van der Waals surface area contributed by atoms with Crippen LogP contribution < -0.4 is 11.1 Å². The van der Waals surface area contributed by atoms with Gasteiger partial charge >= 0.3 is 6.09 Å². The lowest BCUT2D eigenvalue weighted by Gasteiger charge is -2.20. The molecule has 3 rings (SSSR count). The van der Waals surface area contributed by atoms with Crippen LogP contribution in [0.4, 0.5) is 16.2 Å². The highest BCUT2D eigenvalue weighted by molar-refractivity contribution is 5.90. The smallest absolute Gasteiger partial charge is 0.412 e. The Labute approximate surface area is 136 Å². The molecule has 0 radical (unpaired) electrons. The van der Waals surface area contributed by atoms with Crippen LogP contribution in [0.15, 0.2) is 42.5 Å². The summed E-state index contributed by atoms with van der Waals surface area (Å²) in [6.07, 6.45) is 4.72. The summed E-state index contributed by atoms with van der Waals surface area (Å²) in [5, 5.41) is 2.56. The van der Waals surface area contributed by atoms with E-state index >= 15 is 0 Å². The van der Waals surface area contributed by atoms with Gasteiger partial charge in [0.25, 0.3) is 0 Å². The van der Waals surface area contributed by atoms with Crippen LogP contribution >= 0.6 is 0 Å². The quantitative estimate of drug-likeness (QED) is 0.521. The number of anilines is 2. The molecule has 118 valence electrons. The second kappa shape index (κ2) is 6.45. The predicted molar refractivity (Wildman–Crippen MR) is 94.1 cm³/mol. The fourth-order valence-electron chi connectivity index (χ4n) is 1.88. The summed E-state index contributed by atoms with van der Waals surface area (Å²) in [6.45, 7) is 5.36. The van der Waals surface area contributed by atoms with Crippen molar-refractivity contribution in [2.45, 2.75) is 26.4 Å². The molecule has 0 aliphatic heterocycles. The van der Waals surface area contributed by atoms with E-state index in [1.54, 1.807) is 39.0 Å². The molecule has 0 saturated carbocycles. The SMILES string of the molecule is C#Cc1cccc(NC(=O)OC(C)(C)C)c1N.c1cc2ccc1-2. The lowest BCUT2D eigenvalue weighted by atomic mass is 9.95. The normalized spacial score (nSPS) is 10.7. The van der Waals surface area contributed by atoms with Gasteiger partial charge in [0, 0.05) is 5.56 Å². The van der Waals surface area contributed by atoms with Crippen molar-refractivity contribution in [3.05, 3.63) is 48.0 Å². The standard InChI is InChI=1S/C13H16N2O2.C6H4/c1-5-9-7-6-8-10(11(9)14)15-12(16)17-13(2,3)4;1-2-6-4-3-5(1)6/h1,6-8H,14H2,2-4H3,(H,15,16);1-4H. The molecule has 0 heterocycles. The Morgan fingerprint density at radius 2 is 1.70 bits per heavy atom. The van der Waals surface area contributed by atoms with E-state index in [1.165, 1.54) is 11.1 Å². The van der Waals surface area contributed by atoms with E-state index in [2.05, 4.69) is 35.5 Å². The lowest BCUT2D eigenvalue weighted by molar-refractivity contribution is 0.0636. The summed E-state index contributed by atoms with van der Waals surface area (Å²) < 4.78 is 5.11. The highest BCUT2D eigenvalue weighted by Gasteiger charge is 2.17. The fourth-order valence-corrected chi connectivity index (χ4v) is 1.88. The second-order valence-electron chi connectivity index (χ2n) is 6.12. The Morgan fingerprint density at radius 1 is 1.13 bits per heavy atom. The average Bonchev–Trinajstić information content (AvgIpc) is 2.44. The number of nitrogens with two attached hydrogens (primary N) is 1. The third-order valence-electron chi connectivity index (χ3n) is 3.12. The van der Waals surface area contributed by atoms with E-state index in [0.717, 1.165) is 0 Å². The molecular weight excluding hydrogens is 288 g/mol. The first-order chi connectivity index (χ1) is 10.8. The first kappa shape index (κ1) is 16.4. The second-order valence-corrected chi connectivity index (χ2v) is 6.12. The highest BCUT2D eigenvalue weighted by atomic mass is 16.6. The van der Waals surface area contributed by atoms with Crippen molar-refractivity contribution in [1.82, 2.24) is 0 Å². The summed E-state index contributed by atoms with van der Waals surface area (Å²) >= 11 is 0. The Morgan fingerprint density at radius 3 is 2.09 bits per heavy atom. The molecule has 0 unspecified atom stereocenters. The molecule has 0 saturated heterocycles. The fraction of sp³-hybridized carbons (Fsp3) is 0.211. The number of nitrogen functional groups attached to an aromatic ring is 1. The van der Waals surface area contributed by atoms with E-state index in [0.29, 0.717) is 16.9 Å². The average molecular weight is 308 g/mol. The van der Waals surface area contributed by atoms with Crippen molar-refractivity contribution in [2.75, 3.05) is 11.1 Å². The zero-order chi connectivity index (χ0) is 17.0. The van der Waals surface area contributed by atoms with Gasteiger partial charge in [0.05, 0.1) is 11.4 Å². The van der Waals surface area contributed by atoms with E-state index in [-0.39, 0.29) is 0 Å². The predicted octanol–water partition coefficient (Wildman–Crippen LogP) is 4.26.